The number of nitrogens with zero attached hydrogens (tertiary/aromatic N) is 1. The third-order valence-electron chi connectivity index (χ3n) is 5.07. The Morgan fingerprint density at radius 1 is 0.714 bits per heavy atom. The van der Waals surface area contributed by atoms with Crippen molar-refractivity contribution in [2.45, 2.75) is 39.3 Å². The van der Waals surface area contributed by atoms with Crippen molar-refractivity contribution >= 4 is 43.7 Å². The molecule has 0 aliphatic heterocycles. The minimum absolute atomic E-state index is 0.678. The molecule has 0 radical (unpaired) electrons. The summed E-state index contributed by atoms with van der Waals surface area (Å²) in [6.07, 6.45) is 1.82. The van der Waals surface area contributed by atoms with Gasteiger partial charge in [-0.25, -0.2) is 4.98 Å². The summed E-state index contributed by atoms with van der Waals surface area (Å²) in [5.41, 5.74) is 10.3. The van der Waals surface area contributed by atoms with Crippen LogP contribution in [0.1, 0.15) is 0 Å². The van der Waals surface area contributed by atoms with Crippen molar-refractivity contribution < 1.29 is 0 Å². The first-order chi connectivity index (χ1) is 13.1. The van der Waals surface area contributed by atoms with Crippen molar-refractivity contribution in [3.63, 3.8) is 0 Å². The molecule has 3 aromatic rings. The lowest BCUT2D eigenvalue weighted by atomic mass is 10.1. The first-order valence-corrected chi connectivity index (χ1v) is 16.8. The van der Waals surface area contributed by atoms with Gasteiger partial charge in [0, 0.05) is 17.4 Å². The van der Waals surface area contributed by atoms with Crippen molar-refractivity contribution in [2.24, 2.45) is 0 Å². The van der Waals surface area contributed by atoms with Crippen LogP contribution < -0.4 is 21.4 Å². The Balaban J connectivity index is 1.87. The van der Waals surface area contributed by atoms with Crippen LogP contribution in [0.4, 0.5) is 17.2 Å². The van der Waals surface area contributed by atoms with Crippen LogP contribution in [-0.2, 0) is 0 Å². The van der Waals surface area contributed by atoms with Gasteiger partial charge in [-0.1, -0.05) is 86.1 Å². The molecular formula is C23H31N3Si2. The Morgan fingerprint density at radius 3 is 1.71 bits per heavy atom. The van der Waals surface area contributed by atoms with Crippen LogP contribution in [-0.4, -0.2) is 21.1 Å². The van der Waals surface area contributed by atoms with E-state index >= 15 is 0 Å². The number of pyridine rings is 1. The molecule has 3 N–H and O–H groups in total. The summed E-state index contributed by atoms with van der Waals surface area (Å²) >= 11 is 0. The Bertz CT molecular complexity index is 951. The van der Waals surface area contributed by atoms with E-state index in [4.69, 9.17) is 5.73 Å². The zero-order valence-corrected chi connectivity index (χ0v) is 19.8. The van der Waals surface area contributed by atoms with Crippen molar-refractivity contribution in [1.29, 1.82) is 0 Å². The topological polar surface area (TPSA) is 50.9 Å². The smallest absolute Gasteiger partial charge is 0.154 e. The molecule has 0 amide bonds. The van der Waals surface area contributed by atoms with Crippen LogP contribution in [0.5, 0.6) is 0 Å². The quantitative estimate of drug-likeness (QED) is 0.576. The highest BCUT2D eigenvalue weighted by molar-refractivity contribution is 6.89. The fraction of sp³-hybridized carbons (Fsp3) is 0.261. The molecule has 28 heavy (non-hydrogen) atoms. The lowest BCUT2D eigenvalue weighted by Gasteiger charge is -2.18. The van der Waals surface area contributed by atoms with Crippen LogP contribution in [0.3, 0.4) is 0 Å². The molecule has 0 bridgehead atoms. The normalized spacial score (nSPS) is 12.1. The van der Waals surface area contributed by atoms with E-state index in [-0.39, 0.29) is 0 Å². The molecule has 1 heterocycles. The predicted octanol–water partition coefficient (Wildman–Crippen LogP) is 5.16. The molecule has 2 aromatic carbocycles. The molecule has 0 saturated carbocycles. The molecule has 0 aliphatic carbocycles. The number of hydrogen-bond acceptors (Lipinski definition) is 3. The highest BCUT2D eigenvalue weighted by atomic mass is 28.3. The fourth-order valence-electron chi connectivity index (χ4n) is 3.16. The lowest BCUT2D eigenvalue weighted by Crippen LogP contribution is -2.37. The molecule has 0 atom stereocenters. The van der Waals surface area contributed by atoms with E-state index in [1.165, 1.54) is 10.4 Å². The number of anilines is 3. The Kier molecular flexibility index (Phi) is 5.50. The first-order valence-electron chi connectivity index (χ1n) is 9.79. The van der Waals surface area contributed by atoms with Gasteiger partial charge in [-0.2, -0.15) is 0 Å². The van der Waals surface area contributed by atoms with Crippen LogP contribution in [0, 0.1) is 0 Å². The molecule has 1 aromatic heterocycles. The lowest BCUT2D eigenvalue weighted by molar-refractivity contribution is 1.31. The Morgan fingerprint density at radius 2 is 1.21 bits per heavy atom. The zero-order valence-electron chi connectivity index (χ0n) is 17.8. The van der Waals surface area contributed by atoms with E-state index in [0.717, 1.165) is 16.8 Å². The van der Waals surface area contributed by atoms with Gasteiger partial charge < -0.3 is 11.1 Å². The molecular weight excluding hydrogens is 374 g/mol. The summed E-state index contributed by atoms with van der Waals surface area (Å²) in [6, 6.07) is 19.5. The van der Waals surface area contributed by atoms with Gasteiger partial charge in [0.05, 0.1) is 21.8 Å². The van der Waals surface area contributed by atoms with Crippen LogP contribution in [0.15, 0.2) is 60.8 Å². The number of rotatable bonds is 5. The number of hydrogen-bond donors (Lipinski definition) is 2. The van der Waals surface area contributed by atoms with Gasteiger partial charge in [-0.15, -0.1) is 0 Å². The molecule has 0 unspecified atom stereocenters. The number of nitrogens with two attached hydrogens (primary N) is 1. The predicted molar refractivity (Wildman–Crippen MR) is 130 cm³/mol. The van der Waals surface area contributed by atoms with Gasteiger partial charge in [0.15, 0.2) is 5.82 Å². The number of aromatic nitrogens is 1. The second-order valence-corrected chi connectivity index (χ2v) is 19.6. The molecule has 146 valence electrons. The first kappa shape index (κ1) is 20.4. The minimum Gasteiger partial charge on any atom is -0.395 e. The van der Waals surface area contributed by atoms with Gasteiger partial charge in [0.1, 0.15) is 0 Å². The molecule has 5 heteroatoms. The summed E-state index contributed by atoms with van der Waals surface area (Å²) in [5, 5.41) is 6.27. The second kappa shape index (κ2) is 7.56. The monoisotopic (exact) mass is 405 g/mol. The largest absolute Gasteiger partial charge is 0.395 e. The highest BCUT2D eigenvalue weighted by Gasteiger charge is 2.17. The van der Waals surface area contributed by atoms with E-state index in [0.29, 0.717) is 11.5 Å². The second-order valence-electron chi connectivity index (χ2n) is 9.40. The number of nitrogen functional groups attached to an aromatic ring is 1. The zero-order chi connectivity index (χ0) is 20.5. The van der Waals surface area contributed by atoms with Crippen molar-refractivity contribution in [3.8, 4) is 11.1 Å². The third-order valence-corrected chi connectivity index (χ3v) is 9.20. The van der Waals surface area contributed by atoms with E-state index in [2.05, 4.69) is 98.1 Å². The maximum atomic E-state index is 6.48. The van der Waals surface area contributed by atoms with Gasteiger partial charge in [-0.05, 0) is 23.8 Å². The Labute approximate surface area is 171 Å². The van der Waals surface area contributed by atoms with Gasteiger partial charge in [0.25, 0.3) is 0 Å². The van der Waals surface area contributed by atoms with Crippen molar-refractivity contribution in [3.05, 3.63) is 60.8 Å². The standard InChI is InChI=1S/C23H31N3Si2/c1-27(2,3)19-11-7-17(8-12-19)21-15-16-25-23(22(21)24)26-18-9-13-20(14-10-18)28(4,5)6/h7-16H,24H2,1-6H3,(H,25,26). The van der Waals surface area contributed by atoms with Crippen LogP contribution in [0.25, 0.3) is 11.1 Å². The SMILES string of the molecule is C[Si](C)(C)c1ccc(Nc2nccc(-c3ccc([Si](C)(C)C)cc3)c2N)cc1. The average molecular weight is 406 g/mol. The average Bonchev–Trinajstić information content (AvgIpc) is 2.63. The minimum atomic E-state index is -1.30. The maximum Gasteiger partial charge on any atom is 0.154 e. The molecule has 3 nitrogen and oxygen atoms in total. The molecule has 0 saturated heterocycles. The van der Waals surface area contributed by atoms with E-state index in [1.54, 1.807) is 0 Å². The maximum absolute atomic E-state index is 6.48. The highest BCUT2D eigenvalue weighted by Crippen LogP contribution is 2.31. The van der Waals surface area contributed by atoms with E-state index in [9.17, 15) is 0 Å². The number of nitrogens with one attached hydrogen (secondary N) is 1. The van der Waals surface area contributed by atoms with E-state index in [1.807, 2.05) is 12.3 Å². The summed E-state index contributed by atoms with van der Waals surface area (Å²) in [6.45, 7) is 14.1. The summed E-state index contributed by atoms with van der Waals surface area (Å²) < 4.78 is 0. The molecule has 0 aliphatic rings. The number of benzene rings is 2. The summed E-state index contributed by atoms with van der Waals surface area (Å²) in [5.74, 6) is 0.701. The van der Waals surface area contributed by atoms with Crippen molar-refractivity contribution in [2.75, 3.05) is 11.1 Å². The van der Waals surface area contributed by atoms with Gasteiger partial charge in [-0.3, -0.25) is 0 Å². The fourth-order valence-corrected chi connectivity index (χ4v) is 5.50. The third kappa shape index (κ3) is 4.54. The molecule has 0 fully saturated rings. The van der Waals surface area contributed by atoms with Crippen LogP contribution in [0.2, 0.25) is 39.3 Å². The Hall–Kier alpha value is -2.38. The summed E-state index contributed by atoms with van der Waals surface area (Å²) in [4.78, 5) is 4.47. The van der Waals surface area contributed by atoms with E-state index < -0.39 is 16.1 Å². The van der Waals surface area contributed by atoms with Gasteiger partial charge >= 0.3 is 0 Å². The molecule has 3 rings (SSSR count). The molecule has 0 spiro atoms. The van der Waals surface area contributed by atoms with Crippen molar-refractivity contribution in [1.82, 2.24) is 4.98 Å². The van der Waals surface area contributed by atoms with Crippen LogP contribution >= 0.6 is 0 Å². The van der Waals surface area contributed by atoms with Gasteiger partial charge in [0.2, 0.25) is 0 Å². The summed E-state index contributed by atoms with van der Waals surface area (Å²) in [7, 11) is -2.60.